The zero-order chi connectivity index (χ0) is 11.5. The van der Waals surface area contributed by atoms with E-state index in [1.165, 1.54) is 0 Å². The Morgan fingerprint density at radius 3 is 2.56 bits per heavy atom. The quantitative estimate of drug-likeness (QED) is 0.803. The molecule has 1 aromatic carbocycles. The van der Waals surface area contributed by atoms with Gasteiger partial charge in [-0.2, -0.15) is 0 Å². The summed E-state index contributed by atoms with van der Waals surface area (Å²) < 4.78 is 10.4. The molecule has 0 saturated carbocycles. The molecule has 5 nitrogen and oxygen atoms in total. The van der Waals surface area contributed by atoms with E-state index in [2.05, 4.69) is 10.6 Å². The Kier molecular flexibility index (Phi) is 2.85. The first-order valence-electron chi connectivity index (χ1n) is 5.01. The molecular formula is C11H14N2O3. The molecule has 1 aromatic rings. The van der Waals surface area contributed by atoms with Gasteiger partial charge in [0.25, 0.3) is 0 Å². The number of hydrogen-bond acceptors (Lipinski definition) is 3. The molecule has 0 aromatic heterocycles. The molecule has 0 radical (unpaired) electrons. The molecule has 2 amide bonds. The zero-order valence-electron chi connectivity index (χ0n) is 9.24. The lowest BCUT2D eigenvalue weighted by molar-refractivity contribution is 0.247. The molecule has 1 saturated heterocycles. The molecule has 0 spiro atoms. The molecule has 2 N–H and O–H groups in total. The predicted octanol–water partition coefficient (Wildman–Crippen LogP) is 1.06. The van der Waals surface area contributed by atoms with Crippen LogP contribution in [-0.4, -0.2) is 26.8 Å². The monoisotopic (exact) mass is 222 g/mol. The lowest BCUT2D eigenvalue weighted by Crippen LogP contribution is -2.21. The number of carbonyl (C=O) groups excluding carboxylic acids is 1. The van der Waals surface area contributed by atoms with Crippen molar-refractivity contribution in [3.63, 3.8) is 0 Å². The van der Waals surface area contributed by atoms with Crippen LogP contribution in [0.4, 0.5) is 4.79 Å². The molecule has 1 aliphatic heterocycles. The fourth-order valence-corrected chi connectivity index (χ4v) is 1.73. The van der Waals surface area contributed by atoms with E-state index in [0.717, 1.165) is 5.56 Å². The number of rotatable bonds is 3. The Morgan fingerprint density at radius 2 is 2.00 bits per heavy atom. The van der Waals surface area contributed by atoms with Crippen molar-refractivity contribution in [2.75, 3.05) is 20.8 Å². The maximum absolute atomic E-state index is 11.0. The van der Waals surface area contributed by atoms with Crippen LogP contribution in [0.15, 0.2) is 18.2 Å². The van der Waals surface area contributed by atoms with Crippen molar-refractivity contribution in [3.05, 3.63) is 23.8 Å². The van der Waals surface area contributed by atoms with Gasteiger partial charge < -0.3 is 20.1 Å². The normalized spacial score (nSPS) is 18.9. The maximum Gasteiger partial charge on any atom is 0.315 e. The average Bonchev–Trinajstić information content (AvgIpc) is 2.75. The van der Waals surface area contributed by atoms with E-state index in [1.807, 2.05) is 18.2 Å². The summed E-state index contributed by atoms with van der Waals surface area (Å²) in [4.78, 5) is 11.0. The van der Waals surface area contributed by atoms with Crippen molar-refractivity contribution >= 4 is 6.03 Å². The molecule has 16 heavy (non-hydrogen) atoms. The lowest BCUT2D eigenvalue weighted by Gasteiger charge is -2.13. The first kappa shape index (κ1) is 10.6. The molecular weight excluding hydrogens is 208 g/mol. The summed E-state index contributed by atoms with van der Waals surface area (Å²) in [6, 6.07) is 5.47. The highest BCUT2D eigenvalue weighted by atomic mass is 16.5. The Morgan fingerprint density at radius 1 is 1.25 bits per heavy atom. The fourth-order valence-electron chi connectivity index (χ4n) is 1.73. The summed E-state index contributed by atoms with van der Waals surface area (Å²) >= 11 is 0. The highest BCUT2D eigenvalue weighted by Crippen LogP contribution is 2.30. The van der Waals surface area contributed by atoms with Crippen molar-refractivity contribution in [2.45, 2.75) is 6.04 Å². The van der Waals surface area contributed by atoms with Crippen LogP contribution in [0.2, 0.25) is 0 Å². The number of amides is 2. The highest BCUT2D eigenvalue weighted by Gasteiger charge is 2.22. The van der Waals surface area contributed by atoms with Gasteiger partial charge in [0.1, 0.15) is 0 Å². The number of benzene rings is 1. The van der Waals surface area contributed by atoms with Crippen molar-refractivity contribution in [1.29, 1.82) is 0 Å². The topological polar surface area (TPSA) is 59.6 Å². The van der Waals surface area contributed by atoms with Crippen LogP contribution in [0.25, 0.3) is 0 Å². The second kappa shape index (κ2) is 4.30. The van der Waals surface area contributed by atoms with Crippen molar-refractivity contribution < 1.29 is 14.3 Å². The van der Waals surface area contributed by atoms with Gasteiger partial charge in [0.05, 0.1) is 20.3 Å². The van der Waals surface area contributed by atoms with Gasteiger partial charge in [-0.3, -0.25) is 0 Å². The number of nitrogens with one attached hydrogen (secondary N) is 2. The minimum absolute atomic E-state index is 0.00712. The predicted molar refractivity (Wildman–Crippen MR) is 58.8 cm³/mol. The molecule has 1 heterocycles. The molecule has 5 heteroatoms. The number of hydrogen-bond donors (Lipinski definition) is 2. The van der Waals surface area contributed by atoms with Crippen molar-refractivity contribution in [3.8, 4) is 11.5 Å². The summed E-state index contributed by atoms with van der Waals surface area (Å²) in [5.41, 5.74) is 0.996. The van der Waals surface area contributed by atoms with Crippen LogP contribution < -0.4 is 20.1 Å². The minimum Gasteiger partial charge on any atom is -0.493 e. The lowest BCUT2D eigenvalue weighted by atomic mass is 10.1. The van der Waals surface area contributed by atoms with Crippen LogP contribution in [0, 0.1) is 0 Å². The largest absolute Gasteiger partial charge is 0.493 e. The van der Waals surface area contributed by atoms with Crippen LogP contribution in [0.3, 0.4) is 0 Å². The van der Waals surface area contributed by atoms with E-state index in [4.69, 9.17) is 9.47 Å². The molecule has 86 valence electrons. The molecule has 1 atom stereocenters. The summed E-state index contributed by atoms with van der Waals surface area (Å²) in [6.07, 6.45) is 0. The van der Waals surface area contributed by atoms with Gasteiger partial charge in [-0.05, 0) is 17.7 Å². The Labute approximate surface area is 93.7 Å². The van der Waals surface area contributed by atoms with E-state index in [1.54, 1.807) is 14.2 Å². The Hall–Kier alpha value is -1.91. The van der Waals surface area contributed by atoms with Gasteiger partial charge in [0.15, 0.2) is 11.5 Å². The standard InChI is InChI=1S/C11H14N2O3/c1-15-9-4-3-7(5-10(9)16-2)8-6-12-11(14)13-8/h3-5,8H,6H2,1-2H3,(H2,12,13,14)/t8-/m0/s1. The minimum atomic E-state index is -0.139. The van der Waals surface area contributed by atoms with Crippen molar-refractivity contribution in [1.82, 2.24) is 10.6 Å². The van der Waals surface area contributed by atoms with E-state index < -0.39 is 0 Å². The van der Waals surface area contributed by atoms with Crippen molar-refractivity contribution in [2.24, 2.45) is 0 Å². The summed E-state index contributed by atoms with van der Waals surface area (Å²) in [7, 11) is 3.18. The van der Waals surface area contributed by atoms with Gasteiger partial charge in [-0.25, -0.2) is 4.79 Å². The summed E-state index contributed by atoms with van der Waals surface area (Å²) in [5, 5.41) is 5.52. The second-order valence-electron chi connectivity index (χ2n) is 3.52. The van der Waals surface area contributed by atoms with Crippen LogP contribution in [-0.2, 0) is 0 Å². The number of methoxy groups -OCH3 is 2. The first-order chi connectivity index (χ1) is 7.74. The van der Waals surface area contributed by atoms with Crippen LogP contribution in [0.5, 0.6) is 11.5 Å². The van der Waals surface area contributed by atoms with Gasteiger partial charge >= 0.3 is 6.03 Å². The van der Waals surface area contributed by atoms with E-state index in [-0.39, 0.29) is 12.1 Å². The first-order valence-corrected chi connectivity index (χ1v) is 5.01. The third kappa shape index (κ3) is 1.88. The maximum atomic E-state index is 11.0. The molecule has 1 aliphatic rings. The highest BCUT2D eigenvalue weighted by molar-refractivity contribution is 5.77. The Balaban J connectivity index is 2.25. The molecule has 1 fully saturated rings. The molecule has 0 bridgehead atoms. The van der Waals surface area contributed by atoms with Crippen LogP contribution >= 0.6 is 0 Å². The molecule has 0 aliphatic carbocycles. The van der Waals surface area contributed by atoms with Gasteiger partial charge in [0.2, 0.25) is 0 Å². The number of carbonyl (C=O) groups is 1. The second-order valence-corrected chi connectivity index (χ2v) is 3.52. The van der Waals surface area contributed by atoms with Crippen LogP contribution in [0.1, 0.15) is 11.6 Å². The number of urea groups is 1. The van der Waals surface area contributed by atoms with E-state index in [0.29, 0.717) is 18.0 Å². The Bertz CT molecular complexity index is 406. The molecule has 0 unspecified atom stereocenters. The van der Waals surface area contributed by atoms with Gasteiger partial charge in [-0.1, -0.05) is 6.07 Å². The summed E-state index contributed by atoms with van der Waals surface area (Å²) in [6.45, 7) is 0.592. The number of ether oxygens (including phenoxy) is 2. The van der Waals surface area contributed by atoms with Gasteiger partial charge in [-0.15, -0.1) is 0 Å². The SMILES string of the molecule is COc1ccc([C@@H]2CNC(=O)N2)cc1OC. The van der Waals surface area contributed by atoms with E-state index >= 15 is 0 Å². The average molecular weight is 222 g/mol. The summed E-state index contributed by atoms with van der Waals surface area (Å²) in [5.74, 6) is 1.35. The molecule has 2 rings (SSSR count). The fraction of sp³-hybridized carbons (Fsp3) is 0.364. The third-order valence-corrected chi connectivity index (χ3v) is 2.58. The zero-order valence-corrected chi connectivity index (χ0v) is 9.24. The van der Waals surface area contributed by atoms with Gasteiger partial charge in [0, 0.05) is 6.54 Å². The third-order valence-electron chi connectivity index (χ3n) is 2.58. The smallest absolute Gasteiger partial charge is 0.315 e. The van der Waals surface area contributed by atoms with E-state index in [9.17, 15) is 4.79 Å².